The summed E-state index contributed by atoms with van der Waals surface area (Å²) in [5, 5.41) is 0. The zero-order valence-electron chi connectivity index (χ0n) is 8.86. The van der Waals surface area contributed by atoms with Crippen LogP contribution in [-0.4, -0.2) is 16.5 Å². The Morgan fingerprint density at radius 1 is 1.57 bits per heavy atom. The van der Waals surface area contributed by atoms with Gasteiger partial charge < -0.3 is 5.73 Å². The van der Waals surface area contributed by atoms with E-state index in [0.717, 1.165) is 5.75 Å². The number of aryl methyl sites for hydroxylation is 1. The Labute approximate surface area is 90.3 Å². The van der Waals surface area contributed by atoms with Gasteiger partial charge in [-0.05, 0) is 36.3 Å². The summed E-state index contributed by atoms with van der Waals surface area (Å²) in [6, 6.07) is 2.14. The SMILES string of the molecule is CCCSCC(N)c1cnccc1C. The Kier molecular flexibility index (Phi) is 4.98. The highest BCUT2D eigenvalue weighted by atomic mass is 32.2. The number of hydrogen-bond donors (Lipinski definition) is 1. The zero-order chi connectivity index (χ0) is 10.4. The van der Waals surface area contributed by atoms with Gasteiger partial charge in [0.25, 0.3) is 0 Å². The summed E-state index contributed by atoms with van der Waals surface area (Å²) in [7, 11) is 0. The summed E-state index contributed by atoms with van der Waals surface area (Å²) in [4.78, 5) is 4.11. The fourth-order valence-electron chi connectivity index (χ4n) is 1.31. The highest BCUT2D eigenvalue weighted by molar-refractivity contribution is 7.99. The topological polar surface area (TPSA) is 38.9 Å². The van der Waals surface area contributed by atoms with Crippen molar-refractivity contribution in [3.63, 3.8) is 0 Å². The van der Waals surface area contributed by atoms with Crippen LogP contribution in [0.1, 0.15) is 30.5 Å². The Hall–Kier alpha value is -0.540. The molecule has 1 unspecified atom stereocenters. The molecule has 0 bridgehead atoms. The van der Waals surface area contributed by atoms with Crippen LogP contribution < -0.4 is 5.73 Å². The number of hydrogen-bond acceptors (Lipinski definition) is 3. The minimum Gasteiger partial charge on any atom is -0.323 e. The molecule has 1 heterocycles. The van der Waals surface area contributed by atoms with E-state index < -0.39 is 0 Å². The standard InChI is InChI=1S/C11H18N2S/c1-3-6-14-8-11(12)10-7-13-5-4-9(10)2/h4-5,7,11H,3,6,8,12H2,1-2H3. The second-order valence-electron chi connectivity index (χ2n) is 3.41. The molecule has 1 aromatic rings. The summed E-state index contributed by atoms with van der Waals surface area (Å²) in [5.41, 5.74) is 8.49. The normalized spacial score (nSPS) is 12.8. The van der Waals surface area contributed by atoms with Gasteiger partial charge in [-0.3, -0.25) is 4.98 Å². The van der Waals surface area contributed by atoms with Crippen molar-refractivity contribution >= 4 is 11.8 Å². The summed E-state index contributed by atoms with van der Waals surface area (Å²) >= 11 is 1.91. The highest BCUT2D eigenvalue weighted by Crippen LogP contribution is 2.18. The molecule has 0 aliphatic carbocycles. The van der Waals surface area contributed by atoms with E-state index in [9.17, 15) is 0 Å². The van der Waals surface area contributed by atoms with E-state index in [1.807, 2.05) is 30.2 Å². The molecule has 0 saturated carbocycles. The van der Waals surface area contributed by atoms with Crippen LogP contribution in [0.4, 0.5) is 0 Å². The van der Waals surface area contributed by atoms with Gasteiger partial charge in [0.1, 0.15) is 0 Å². The summed E-state index contributed by atoms with van der Waals surface area (Å²) in [6.45, 7) is 4.27. The molecule has 0 radical (unpaired) electrons. The Bertz CT molecular complexity index is 276. The first-order valence-electron chi connectivity index (χ1n) is 4.99. The lowest BCUT2D eigenvalue weighted by Gasteiger charge is -2.13. The van der Waals surface area contributed by atoms with E-state index in [-0.39, 0.29) is 6.04 Å². The molecular formula is C11H18N2S. The molecule has 78 valence electrons. The molecule has 0 aromatic carbocycles. The summed E-state index contributed by atoms with van der Waals surface area (Å²) in [6.07, 6.45) is 4.90. The number of aromatic nitrogens is 1. The molecule has 2 nitrogen and oxygen atoms in total. The summed E-state index contributed by atoms with van der Waals surface area (Å²) < 4.78 is 0. The van der Waals surface area contributed by atoms with Crippen LogP contribution in [0, 0.1) is 6.92 Å². The maximum Gasteiger partial charge on any atom is 0.0404 e. The first-order chi connectivity index (χ1) is 6.75. The minimum absolute atomic E-state index is 0.125. The van der Waals surface area contributed by atoms with E-state index in [4.69, 9.17) is 5.73 Å². The molecule has 1 atom stereocenters. The van der Waals surface area contributed by atoms with Crippen molar-refractivity contribution in [3.05, 3.63) is 29.6 Å². The zero-order valence-corrected chi connectivity index (χ0v) is 9.68. The van der Waals surface area contributed by atoms with Gasteiger partial charge in [-0.2, -0.15) is 11.8 Å². The molecule has 0 aliphatic rings. The maximum absolute atomic E-state index is 6.08. The van der Waals surface area contributed by atoms with Gasteiger partial charge in [0.2, 0.25) is 0 Å². The lowest BCUT2D eigenvalue weighted by molar-refractivity contribution is 0.814. The fourth-order valence-corrected chi connectivity index (χ4v) is 2.20. The third-order valence-electron chi connectivity index (χ3n) is 2.12. The van der Waals surface area contributed by atoms with Crippen LogP contribution >= 0.6 is 11.8 Å². The fraction of sp³-hybridized carbons (Fsp3) is 0.545. The molecule has 0 fully saturated rings. The maximum atomic E-state index is 6.08. The molecule has 0 spiro atoms. The van der Waals surface area contributed by atoms with E-state index in [0.29, 0.717) is 0 Å². The predicted molar refractivity (Wildman–Crippen MR) is 63.5 cm³/mol. The Morgan fingerprint density at radius 2 is 2.36 bits per heavy atom. The molecule has 3 heteroatoms. The molecule has 0 saturated heterocycles. The lowest BCUT2D eigenvalue weighted by atomic mass is 10.1. The van der Waals surface area contributed by atoms with Crippen molar-refractivity contribution in [2.24, 2.45) is 5.73 Å². The minimum atomic E-state index is 0.125. The monoisotopic (exact) mass is 210 g/mol. The van der Waals surface area contributed by atoms with Gasteiger partial charge in [-0.25, -0.2) is 0 Å². The predicted octanol–water partition coefficient (Wildman–Crippen LogP) is 2.53. The van der Waals surface area contributed by atoms with Gasteiger partial charge in [0.05, 0.1) is 0 Å². The van der Waals surface area contributed by atoms with Gasteiger partial charge in [-0.15, -0.1) is 0 Å². The van der Waals surface area contributed by atoms with Crippen molar-refractivity contribution in [1.29, 1.82) is 0 Å². The molecule has 14 heavy (non-hydrogen) atoms. The molecule has 0 aliphatic heterocycles. The van der Waals surface area contributed by atoms with Crippen LogP contribution in [0.3, 0.4) is 0 Å². The molecule has 2 N–H and O–H groups in total. The van der Waals surface area contributed by atoms with Gasteiger partial charge in [-0.1, -0.05) is 6.92 Å². The van der Waals surface area contributed by atoms with Crippen LogP contribution in [-0.2, 0) is 0 Å². The number of rotatable bonds is 5. The largest absolute Gasteiger partial charge is 0.323 e. The smallest absolute Gasteiger partial charge is 0.0404 e. The first-order valence-corrected chi connectivity index (χ1v) is 6.15. The second-order valence-corrected chi connectivity index (χ2v) is 4.56. The Morgan fingerprint density at radius 3 is 3.00 bits per heavy atom. The van der Waals surface area contributed by atoms with E-state index >= 15 is 0 Å². The van der Waals surface area contributed by atoms with E-state index in [1.165, 1.54) is 23.3 Å². The van der Waals surface area contributed by atoms with Crippen LogP contribution in [0.25, 0.3) is 0 Å². The Balaban J connectivity index is 2.51. The summed E-state index contributed by atoms with van der Waals surface area (Å²) in [5.74, 6) is 2.17. The number of pyridine rings is 1. The quantitative estimate of drug-likeness (QED) is 0.759. The number of thioether (sulfide) groups is 1. The van der Waals surface area contributed by atoms with Gasteiger partial charge in [0.15, 0.2) is 0 Å². The molecular weight excluding hydrogens is 192 g/mol. The van der Waals surface area contributed by atoms with Gasteiger partial charge in [0, 0.05) is 24.2 Å². The first kappa shape index (κ1) is 11.5. The average Bonchev–Trinajstić information content (AvgIpc) is 2.18. The van der Waals surface area contributed by atoms with Crippen molar-refractivity contribution in [2.45, 2.75) is 26.3 Å². The van der Waals surface area contributed by atoms with Crippen molar-refractivity contribution in [3.8, 4) is 0 Å². The van der Waals surface area contributed by atoms with Crippen molar-refractivity contribution in [1.82, 2.24) is 4.98 Å². The third kappa shape index (κ3) is 3.31. The second kappa shape index (κ2) is 6.04. The van der Waals surface area contributed by atoms with Gasteiger partial charge >= 0.3 is 0 Å². The van der Waals surface area contributed by atoms with Crippen LogP contribution in [0.15, 0.2) is 18.5 Å². The highest BCUT2D eigenvalue weighted by Gasteiger charge is 2.08. The van der Waals surface area contributed by atoms with E-state index in [1.54, 1.807) is 0 Å². The molecule has 1 aromatic heterocycles. The van der Waals surface area contributed by atoms with Crippen LogP contribution in [0.5, 0.6) is 0 Å². The van der Waals surface area contributed by atoms with E-state index in [2.05, 4.69) is 18.8 Å². The van der Waals surface area contributed by atoms with Crippen molar-refractivity contribution in [2.75, 3.05) is 11.5 Å². The third-order valence-corrected chi connectivity index (χ3v) is 3.42. The molecule has 0 amide bonds. The van der Waals surface area contributed by atoms with Crippen LogP contribution in [0.2, 0.25) is 0 Å². The number of nitrogens with zero attached hydrogens (tertiary/aromatic N) is 1. The number of nitrogens with two attached hydrogens (primary N) is 1. The lowest BCUT2D eigenvalue weighted by Crippen LogP contribution is -2.14. The average molecular weight is 210 g/mol. The van der Waals surface area contributed by atoms with Crippen molar-refractivity contribution < 1.29 is 0 Å². The molecule has 1 rings (SSSR count).